The topological polar surface area (TPSA) is 46.1 Å². The summed E-state index contributed by atoms with van der Waals surface area (Å²) in [6.45, 7) is 8.60. The molecule has 4 aliphatic rings. The zero-order valence-electron chi connectivity index (χ0n) is 14.8. The molecule has 4 fully saturated rings. The van der Waals surface area contributed by atoms with Crippen molar-refractivity contribution in [3.63, 3.8) is 0 Å². The molecule has 3 nitrogen and oxygen atoms in total. The minimum absolute atomic E-state index is 0.181. The lowest BCUT2D eigenvalue weighted by molar-refractivity contribution is -0.722. The van der Waals surface area contributed by atoms with E-state index in [1.807, 2.05) is 0 Å². The van der Waals surface area contributed by atoms with Crippen LogP contribution in [-0.2, 0) is 4.74 Å². The molecule has 3 heteroatoms. The maximum atomic E-state index is 10.0. The van der Waals surface area contributed by atoms with E-state index in [4.69, 9.17) is 4.74 Å². The molecule has 4 bridgehead atoms. The fourth-order valence-electron chi connectivity index (χ4n) is 5.66. The Kier molecular flexibility index (Phi) is 4.87. The second-order valence-corrected chi connectivity index (χ2v) is 9.70. The highest BCUT2D eigenvalue weighted by atomic mass is 16.5. The maximum absolute atomic E-state index is 10.0. The van der Waals surface area contributed by atoms with Crippen LogP contribution in [0.2, 0.25) is 0 Å². The molecular formula is C19H36NO2+. The molecule has 4 saturated carbocycles. The lowest BCUT2D eigenvalue weighted by Crippen LogP contribution is -2.96. The highest BCUT2D eigenvalue weighted by Gasteiger charge is 2.50. The first-order valence-corrected chi connectivity index (χ1v) is 9.44. The van der Waals surface area contributed by atoms with Crippen LogP contribution >= 0.6 is 0 Å². The van der Waals surface area contributed by atoms with Crippen LogP contribution in [0.3, 0.4) is 0 Å². The molecule has 0 amide bonds. The molecule has 0 saturated heterocycles. The molecule has 0 unspecified atom stereocenters. The molecule has 3 N–H and O–H groups in total. The molecule has 0 aromatic heterocycles. The number of aliphatic hydroxyl groups is 1. The van der Waals surface area contributed by atoms with Gasteiger partial charge in [0, 0.05) is 6.61 Å². The van der Waals surface area contributed by atoms with Gasteiger partial charge in [-0.1, -0.05) is 0 Å². The molecule has 0 radical (unpaired) electrons. The number of aliphatic hydroxyl groups excluding tert-OH is 1. The lowest BCUT2D eigenvalue weighted by atomic mass is 9.49. The first-order chi connectivity index (χ1) is 10.3. The van der Waals surface area contributed by atoms with E-state index < -0.39 is 0 Å². The van der Waals surface area contributed by atoms with Gasteiger partial charge in [0.15, 0.2) is 0 Å². The summed E-state index contributed by atoms with van der Waals surface area (Å²) in [6.07, 6.45) is 9.82. The van der Waals surface area contributed by atoms with Gasteiger partial charge in [-0.05, 0) is 88.9 Å². The Balaban J connectivity index is 1.35. The van der Waals surface area contributed by atoms with Gasteiger partial charge < -0.3 is 15.2 Å². The van der Waals surface area contributed by atoms with Crippen molar-refractivity contribution in [3.8, 4) is 0 Å². The SMILES string of the molecule is CC(C)(C)[NH2+]C[C@@H](O)COCCC12CC3CC(CC(C3)C1)C2. The van der Waals surface area contributed by atoms with E-state index in [1.54, 1.807) is 0 Å². The maximum Gasteiger partial charge on any atom is 0.126 e. The zero-order chi connectivity index (χ0) is 15.8. The van der Waals surface area contributed by atoms with Crippen molar-refractivity contribution in [2.75, 3.05) is 19.8 Å². The van der Waals surface area contributed by atoms with Crippen molar-refractivity contribution in [2.24, 2.45) is 23.2 Å². The largest absolute Gasteiger partial charge is 0.385 e. The van der Waals surface area contributed by atoms with E-state index in [9.17, 15) is 5.11 Å². The van der Waals surface area contributed by atoms with Crippen LogP contribution in [0.4, 0.5) is 0 Å². The molecular weight excluding hydrogens is 274 g/mol. The first-order valence-electron chi connectivity index (χ1n) is 9.44. The number of hydrogen-bond acceptors (Lipinski definition) is 2. The van der Waals surface area contributed by atoms with Crippen molar-refractivity contribution in [2.45, 2.75) is 77.4 Å². The van der Waals surface area contributed by atoms with Gasteiger partial charge in [0.05, 0.1) is 12.1 Å². The van der Waals surface area contributed by atoms with Gasteiger partial charge in [0.1, 0.15) is 12.6 Å². The van der Waals surface area contributed by atoms with E-state index >= 15 is 0 Å². The van der Waals surface area contributed by atoms with Crippen LogP contribution < -0.4 is 5.32 Å². The highest BCUT2D eigenvalue weighted by molar-refractivity contribution is 5.01. The Bertz CT molecular complexity index is 339. The van der Waals surface area contributed by atoms with Crippen LogP contribution in [0.15, 0.2) is 0 Å². The molecule has 0 aromatic rings. The third-order valence-corrected chi connectivity index (χ3v) is 6.25. The monoisotopic (exact) mass is 310 g/mol. The predicted octanol–water partition coefficient (Wildman–Crippen LogP) is 2.33. The number of rotatable bonds is 7. The van der Waals surface area contributed by atoms with Gasteiger partial charge in [-0.25, -0.2) is 0 Å². The van der Waals surface area contributed by atoms with Crippen LogP contribution in [-0.4, -0.2) is 36.5 Å². The Morgan fingerprint density at radius 3 is 2.14 bits per heavy atom. The predicted molar refractivity (Wildman–Crippen MR) is 88.6 cm³/mol. The van der Waals surface area contributed by atoms with Crippen molar-refractivity contribution < 1.29 is 15.2 Å². The zero-order valence-corrected chi connectivity index (χ0v) is 14.8. The minimum Gasteiger partial charge on any atom is -0.385 e. The summed E-state index contributed by atoms with van der Waals surface area (Å²) in [7, 11) is 0. The Morgan fingerprint density at radius 1 is 1.09 bits per heavy atom. The minimum atomic E-state index is -0.337. The molecule has 22 heavy (non-hydrogen) atoms. The van der Waals surface area contributed by atoms with E-state index in [0.29, 0.717) is 12.0 Å². The van der Waals surface area contributed by atoms with Gasteiger partial charge in [0.25, 0.3) is 0 Å². The van der Waals surface area contributed by atoms with Crippen molar-refractivity contribution in [3.05, 3.63) is 0 Å². The second-order valence-electron chi connectivity index (χ2n) is 9.70. The number of nitrogens with two attached hydrogens (primary N) is 1. The molecule has 0 aliphatic heterocycles. The summed E-state index contributed by atoms with van der Waals surface area (Å²) in [5.41, 5.74) is 0.789. The molecule has 4 aliphatic carbocycles. The number of hydrogen-bond donors (Lipinski definition) is 2. The average Bonchev–Trinajstić information content (AvgIpc) is 2.39. The van der Waals surface area contributed by atoms with E-state index in [2.05, 4.69) is 26.1 Å². The molecule has 0 heterocycles. The van der Waals surface area contributed by atoms with Crippen LogP contribution in [0.5, 0.6) is 0 Å². The molecule has 4 rings (SSSR count). The fourth-order valence-corrected chi connectivity index (χ4v) is 5.66. The molecule has 1 atom stereocenters. The van der Waals surface area contributed by atoms with E-state index in [-0.39, 0.29) is 11.6 Å². The highest BCUT2D eigenvalue weighted by Crippen LogP contribution is 2.61. The van der Waals surface area contributed by atoms with Gasteiger partial charge >= 0.3 is 0 Å². The summed E-state index contributed by atoms with van der Waals surface area (Å²) in [6, 6.07) is 0. The lowest BCUT2D eigenvalue weighted by Gasteiger charge is -2.57. The summed E-state index contributed by atoms with van der Waals surface area (Å²) < 4.78 is 5.83. The van der Waals surface area contributed by atoms with Crippen molar-refractivity contribution in [1.82, 2.24) is 0 Å². The molecule has 0 aromatic carbocycles. The molecule has 0 spiro atoms. The first kappa shape index (κ1) is 16.7. The Hall–Kier alpha value is -0.120. The number of quaternary nitrogens is 1. The fraction of sp³-hybridized carbons (Fsp3) is 1.00. The summed E-state index contributed by atoms with van der Waals surface area (Å²) in [5, 5.41) is 12.2. The molecule has 128 valence electrons. The number of ether oxygens (including phenoxy) is 1. The van der Waals surface area contributed by atoms with Crippen LogP contribution in [0.25, 0.3) is 0 Å². The standard InChI is InChI=1S/C19H35NO2/c1-18(2,3)20-12-17(21)13-22-5-4-19-9-14-6-15(10-19)8-16(7-14)11-19/h14-17,20-21H,4-13H2,1-3H3/p+1/t14?,15?,16?,17-,19?/m1/s1. The van der Waals surface area contributed by atoms with E-state index in [0.717, 1.165) is 30.9 Å². The third-order valence-electron chi connectivity index (χ3n) is 6.25. The summed E-state index contributed by atoms with van der Waals surface area (Å²) in [4.78, 5) is 0. The summed E-state index contributed by atoms with van der Waals surface area (Å²) in [5.74, 6) is 3.08. The Labute approximate surface area is 136 Å². The van der Waals surface area contributed by atoms with Crippen LogP contribution in [0, 0.1) is 23.2 Å². The van der Waals surface area contributed by atoms with Gasteiger partial charge in [0.2, 0.25) is 0 Å². The third kappa shape index (κ3) is 4.24. The van der Waals surface area contributed by atoms with Gasteiger partial charge in [-0.2, -0.15) is 0 Å². The van der Waals surface area contributed by atoms with Crippen molar-refractivity contribution in [1.29, 1.82) is 0 Å². The van der Waals surface area contributed by atoms with Crippen LogP contribution in [0.1, 0.15) is 65.7 Å². The smallest absolute Gasteiger partial charge is 0.126 e. The average molecular weight is 311 g/mol. The Morgan fingerprint density at radius 2 is 1.64 bits per heavy atom. The second kappa shape index (κ2) is 6.41. The normalized spacial score (nSPS) is 38.5. The summed E-state index contributed by atoms with van der Waals surface area (Å²) >= 11 is 0. The van der Waals surface area contributed by atoms with Gasteiger partial charge in [-0.3, -0.25) is 0 Å². The van der Waals surface area contributed by atoms with Crippen molar-refractivity contribution >= 4 is 0 Å². The quantitative estimate of drug-likeness (QED) is 0.709. The van der Waals surface area contributed by atoms with Gasteiger partial charge in [-0.15, -0.1) is 0 Å². The van der Waals surface area contributed by atoms with E-state index in [1.165, 1.54) is 44.9 Å².